The van der Waals surface area contributed by atoms with Crippen LogP contribution in [0.25, 0.3) is 0 Å². The summed E-state index contributed by atoms with van der Waals surface area (Å²) in [5.74, 6) is 3.20. The molecule has 1 heterocycles. The van der Waals surface area contributed by atoms with E-state index in [1.54, 1.807) is 0 Å². The summed E-state index contributed by atoms with van der Waals surface area (Å²) >= 11 is 0. The Morgan fingerprint density at radius 1 is 1.06 bits per heavy atom. The van der Waals surface area contributed by atoms with Gasteiger partial charge in [0.2, 0.25) is 0 Å². The molecule has 0 aromatic heterocycles. The van der Waals surface area contributed by atoms with E-state index in [1.807, 2.05) is 6.92 Å². The van der Waals surface area contributed by atoms with Gasteiger partial charge in [0.05, 0.1) is 19.8 Å². The first-order valence-corrected chi connectivity index (χ1v) is 14.0. The van der Waals surface area contributed by atoms with Crippen LogP contribution in [-0.2, 0) is 16.0 Å². The minimum atomic E-state index is -0.181. The normalized spacial score (nSPS) is 18.0. The molecule has 1 aliphatic heterocycles. The van der Waals surface area contributed by atoms with Crippen molar-refractivity contribution in [3.8, 4) is 11.5 Å². The van der Waals surface area contributed by atoms with Gasteiger partial charge in [-0.1, -0.05) is 46.5 Å². The topological polar surface area (TPSA) is 77.0 Å². The van der Waals surface area contributed by atoms with Gasteiger partial charge in [0, 0.05) is 12.1 Å². The monoisotopic (exact) mass is 505 g/mol. The number of carbonyl (C=O) groups is 1. The molecular weight excluding hydrogens is 454 g/mol. The predicted octanol–water partition coefficient (Wildman–Crippen LogP) is 5.83. The van der Waals surface area contributed by atoms with Gasteiger partial charge in [0.15, 0.2) is 6.61 Å². The fourth-order valence-electron chi connectivity index (χ4n) is 5.14. The molecule has 0 fully saturated rings. The fraction of sp³-hybridized carbons (Fsp3) is 0.767. The van der Waals surface area contributed by atoms with Crippen molar-refractivity contribution in [3.05, 3.63) is 22.3 Å². The highest BCUT2D eigenvalue weighted by Crippen LogP contribution is 2.45. The molecule has 0 spiro atoms. The Kier molecular flexibility index (Phi) is 12.5. The Morgan fingerprint density at radius 3 is 2.47 bits per heavy atom. The second-order valence-corrected chi connectivity index (χ2v) is 11.4. The first-order valence-electron chi connectivity index (χ1n) is 14.0. The third-order valence-corrected chi connectivity index (χ3v) is 7.60. The standard InChI is InChI=1S/C30H51NO5/c1-21(2)10-8-11-22(3)12-9-14-30(7)15-13-26-25(6)28(23(4)24(5)29(26)36-30)35-20-27(33)31-16-18-34-19-17-32/h21-22,32H,8-20H2,1-7H3,(H,31,33)/t22-,30-/m1/s1. The first-order chi connectivity index (χ1) is 17.1. The highest BCUT2D eigenvalue weighted by molar-refractivity contribution is 5.77. The summed E-state index contributed by atoms with van der Waals surface area (Å²) in [4.78, 5) is 12.2. The summed E-state index contributed by atoms with van der Waals surface area (Å²) < 4.78 is 17.9. The molecule has 206 valence electrons. The van der Waals surface area contributed by atoms with Crippen LogP contribution in [0.5, 0.6) is 11.5 Å². The fourth-order valence-corrected chi connectivity index (χ4v) is 5.14. The highest BCUT2D eigenvalue weighted by atomic mass is 16.5. The van der Waals surface area contributed by atoms with E-state index in [4.69, 9.17) is 19.3 Å². The van der Waals surface area contributed by atoms with Gasteiger partial charge in [-0.25, -0.2) is 0 Å². The number of aliphatic hydroxyl groups excluding tert-OH is 1. The number of amides is 1. The summed E-state index contributed by atoms with van der Waals surface area (Å²) in [5.41, 5.74) is 4.30. The van der Waals surface area contributed by atoms with E-state index in [-0.39, 0.29) is 31.3 Å². The number of hydrogen-bond acceptors (Lipinski definition) is 5. The van der Waals surface area contributed by atoms with Gasteiger partial charge in [-0.05, 0) is 81.9 Å². The number of benzene rings is 1. The van der Waals surface area contributed by atoms with Crippen molar-refractivity contribution in [2.45, 2.75) is 105 Å². The summed E-state index contributed by atoms with van der Waals surface area (Å²) in [7, 11) is 0. The van der Waals surface area contributed by atoms with E-state index in [0.717, 1.165) is 59.3 Å². The molecule has 6 nitrogen and oxygen atoms in total. The number of nitrogens with one attached hydrogen (secondary N) is 1. The second kappa shape index (κ2) is 14.8. The maximum Gasteiger partial charge on any atom is 0.258 e. The van der Waals surface area contributed by atoms with Crippen LogP contribution in [0.2, 0.25) is 0 Å². The molecule has 2 atom stereocenters. The maximum atomic E-state index is 12.2. The average Bonchev–Trinajstić information content (AvgIpc) is 2.82. The van der Waals surface area contributed by atoms with Crippen molar-refractivity contribution >= 4 is 5.91 Å². The number of fused-ring (bicyclic) bond motifs is 1. The maximum absolute atomic E-state index is 12.2. The molecule has 1 aliphatic rings. The zero-order valence-corrected chi connectivity index (χ0v) is 23.9. The predicted molar refractivity (Wildman–Crippen MR) is 146 cm³/mol. The van der Waals surface area contributed by atoms with E-state index in [1.165, 1.54) is 37.7 Å². The van der Waals surface area contributed by atoms with Crippen LogP contribution < -0.4 is 14.8 Å². The van der Waals surface area contributed by atoms with E-state index in [2.05, 4.69) is 46.9 Å². The van der Waals surface area contributed by atoms with Crippen LogP contribution in [0.4, 0.5) is 0 Å². The number of ether oxygens (including phenoxy) is 3. The van der Waals surface area contributed by atoms with Crippen LogP contribution in [0, 0.1) is 32.6 Å². The van der Waals surface area contributed by atoms with Crippen molar-refractivity contribution in [1.82, 2.24) is 5.32 Å². The van der Waals surface area contributed by atoms with Gasteiger partial charge in [-0.15, -0.1) is 0 Å². The van der Waals surface area contributed by atoms with Crippen LogP contribution in [0.15, 0.2) is 0 Å². The molecule has 2 rings (SSSR count). The lowest BCUT2D eigenvalue weighted by Gasteiger charge is -2.38. The Bertz CT molecular complexity index is 837. The van der Waals surface area contributed by atoms with Gasteiger partial charge < -0.3 is 24.6 Å². The van der Waals surface area contributed by atoms with Crippen LogP contribution in [-0.4, -0.2) is 49.6 Å². The molecule has 0 aliphatic carbocycles. The summed E-state index contributed by atoms with van der Waals surface area (Å²) in [6, 6.07) is 0. The van der Waals surface area contributed by atoms with Crippen molar-refractivity contribution < 1.29 is 24.1 Å². The van der Waals surface area contributed by atoms with Crippen LogP contribution >= 0.6 is 0 Å². The largest absolute Gasteiger partial charge is 0.487 e. The first kappa shape index (κ1) is 30.4. The zero-order chi connectivity index (χ0) is 26.7. The minimum absolute atomic E-state index is 0.0199. The van der Waals surface area contributed by atoms with Gasteiger partial charge in [0.25, 0.3) is 5.91 Å². The van der Waals surface area contributed by atoms with Crippen molar-refractivity contribution in [2.24, 2.45) is 11.8 Å². The van der Waals surface area contributed by atoms with Gasteiger partial charge >= 0.3 is 0 Å². The van der Waals surface area contributed by atoms with Crippen molar-refractivity contribution in [2.75, 3.05) is 33.0 Å². The zero-order valence-electron chi connectivity index (χ0n) is 23.9. The van der Waals surface area contributed by atoms with Gasteiger partial charge in [0.1, 0.15) is 17.1 Å². The third-order valence-electron chi connectivity index (χ3n) is 7.60. The third kappa shape index (κ3) is 9.26. The molecule has 6 heteroatoms. The lowest BCUT2D eigenvalue weighted by Crippen LogP contribution is -2.37. The molecule has 1 aromatic carbocycles. The Hall–Kier alpha value is -1.79. The second-order valence-electron chi connectivity index (χ2n) is 11.4. The number of aliphatic hydroxyl groups is 1. The molecule has 0 saturated carbocycles. The summed E-state index contributed by atoms with van der Waals surface area (Å²) in [6.45, 7) is 16.5. The van der Waals surface area contributed by atoms with Crippen LogP contribution in [0.3, 0.4) is 0 Å². The van der Waals surface area contributed by atoms with E-state index >= 15 is 0 Å². The number of hydrogen-bond donors (Lipinski definition) is 2. The van der Waals surface area contributed by atoms with Gasteiger partial charge in [-0.2, -0.15) is 0 Å². The molecular formula is C30H51NO5. The Morgan fingerprint density at radius 2 is 1.78 bits per heavy atom. The molecule has 0 saturated heterocycles. The van der Waals surface area contributed by atoms with E-state index < -0.39 is 0 Å². The quantitative estimate of drug-likeness (QED) is 0.276. The highest BCUT2D eigenvalue weighted by Gasteiger charge is 2.34. The van der Waals surface area contributed by atoms with Crippen molar-refractivity contribution in [1.29, 1.82) is 0 Å². The molecule has 1 amide bonds. The molecule has 0 bridgehead atoms. The number of carbonyl (C=O) groups excluding carboxylic acids is 1. The van der Waals surface area contributed by atoms with Crippen LogP contribution in [0.1, 0.15) is 94.9 Å². The lowest BCUT2D eigenvalue weighted by atomic mass is 9.84. The van der Waals surface area contributed by atoms with E-state index in [9.17, 15) is 4.79 Å². The summed E-state index contributed by atoms with van der Waals surface area (Å²) in [6.07, 6.45) is 9.51. The molecule has 2 N–H and O–H groups in total. The van der Waals surface area contributed by atoms with Crippen molar-refractivity contribution in [3.63, 3.8) is 0 Å². The molecule has 1 aromatic rings. The Labute approximate surface area is 219 Å². The van der Waals surface area contributed by atoms with Gasteiger partial charge in [-0.3, -0.25) is 4.79 Å². The Balaban J connectivity index is 1.93. The lowest BCUT2D eigenvalue weighted by molar-refractivity contribution is -0.123. The summed E-state index contributed by atoms with van der Waals surface area (Å²) in [5, 5.41) is 11.5. The smallest absolute Gasteiger partial charge is 0.258 e. The average molecular weight is 506 g/mol. The molecule has 0 unspecified atom stereocenters. The molecule has 0 radical (unpaired) electrons. The van der Waals surface area contributed by atoms with E-state index in [0.29, 0.717) is 13.2 Å². The number of rotatable bonds is 16. The SMILES string of the molecule is Cc1c(C)c2c(c(C)c1OCC(=O)NCCOCCO)CC[C@@](C)(CCC[C@H](C)CCCC(C)C)O2. The minimum Gasteiger partial charge on any atom is -0.487 e. The molecule has 36 heavy (non-hydrogen) atoms.